The highest BCUT2D eigenvalue weighted by Crippen LogP contribution is 2.12. The fraction of sp³-hybridized carbons (Fsp3) is 0.571. The average Bonchev–Trinajstić information content (AvgIpc) is 2.32. The van der Waals surface area contributed by atoms with E-state index in [0.717, 1.165) is 18.5 Å². The predicted octanol–water partition coefficient (Wildman–Crippen LogP) is 2.40. The highest BCUT2D eigenvalue weighted by atomic mass is 19.1. The molecule has 1 N–H and O–H groups in total. The molecule has 1 aromatic rings. The quantitative estimate of drug-likeness (QED) is 0.863. The molecule has 0 radical (unpaired) electrons. The molecule has 1 heterocycles. The van der Waals surface area contributed by atoms with Gasteiger partial charge in [0.25, 0.3) is 0 Å². The van der Waals surface area contributed by atoms with Crippen LogP contribution in [0.4, 0.5) is 4.39 Å². The van der Waals surface area contributed by atoms with E-state index in [-0.39, 0.29) is 5.82 Å². The number of piperidine rings is 1. The van der Waals surface area contributed by atoms with E-state index in [4.69, 9.17) is 0 Å². The van der Waals surface area contributed by atoms with Crippen LogP contribution in [0.25, 0.3) is 0 Å². The van der Waals surface area contributed by atoms with Crippen molar-refractivity contribution in [1.29, 1.82) is 0 Å². The third-order valence-electron chi connectivity index (χ3n) is 3.45. The second-order valence-corrected chi connectivity index (χ2v) is 4.83. The first kappa shape index (κ1) is 12.5. The predicted molar refractivity (Wildman–Crippen MR) is 68.4 cm³/mol. The van der Waals surface area contributed by atoms with Crippen LogP contribution in [0.3, 0.4) is 0 Å². The van der Waals surface area contributed by atoms with Crippen LogP contribution in [-0.2, 0) is 6.42 Å². The zero-order valence-electron chi connectivity index (χ0n) is 10.5. The Morgan fingerprint density at radius 2 is 2.29 bits per heavy atom. The molecule has 1 atom stereocenters. The molecule has 17 heavy (non-hydrogen) atoms. The van der Waals surface area contributed by atoms with Crippen LogP contribution >= 0.6 is 0 Å². The number of hydrogen-bond donors (Lipinski definition) is 1. The summed E-state index contributed by atoms with van der Waals surface area (Å²) in [5, 5.41) is 3.54. The van der Waals surface area contributed by atoms with E-state index < -0.39 is 0 Å². The highest BCUT2D eigenvalue weighted by molar-refractivity contribution is 5.16. The van der Waals surface area contributed by atoms with Gasteiger partial charge >= 0.3 is 0 Å². The van der Waals surface area contributed by atoms with Gasteiger partial charge in [-0.25, -0.2) is 4.39 Å². The monoisotopic (exact) mass is 236 g/mol. The van der Waals surface area contributed by atoms with Crippen LogP contribution in [0.15, 0.2) is 24.3 Å². The third-order valence-corrected chi connectivity index (χ3v) is 3.45. The van der Waals surface area contributed by atoms with Crippen LogP contribution < -0.4 is 5.32 Å². The molecule has 3 heteroatoms. The molecule has 0 amide bonds. The van der Waals surface area contributed by atoms with Crippen LogP contribution in [0.1, 0.15) is 24.8 Å². The lowest BCUT2D eigenvalue weighted by atomic mass is 10.1. The molecule has 1 aliphatic rings. The highest BCUT2D eigenvalue weighted by Gasteiger charge is 2.17. The fourth-order valence-corrected chi connectivity index (χ4v) is 2.41. The lowest BCUT2D eigenvalue weighted by Gasteiger charge is -2.33. The molecule has 2 rings (SSSR count). The van der Waals surface area contributed by atoms with E-state index in [1.165, 1.54) is 31.9 Å². The molecule has 1 fully saturated rings. The molecule has 1 unspecified atom stereocenters. The summed E-state index contributed by atoms with van der Waals surface area (Å²) >= 11 is 0. The maximum absolute atomic E-state index is 13.0. The normalized spacial score (nSPS) is 21.6. The number of halogens is 1. The molecule has 94 valence electrons. The SMILES string of the molecule is CN1CCCCC1NCCc1cccc(F)c1. The number of nitrogens with zero attached hydrogens (tertiary/aromatic N) is 1. The Morgan fingerprint density at radius 1 is 1.41 bits per heavy atom. The summed E-state index contributed by atoms with van der Waals surface area (Å²) in [6.07, 6.45) is 5.22. The molecular weight excluding hydrogens is 215 g/mol. The summed E-state index contributed by atoms with van der Waals surface area (Å²) in [7, 11) is 2.17. The van der Waals surface area contributed by atoms with Gasteiger partial charge in [0.05, 0.1) is 6.17 Å². The molecule has 1 aromatic carbocycles. The summed E-state index contributed by atoms with van der Waals surface area (Å²) in [6, 6.07) is 6.87. The van der Waals surface area contributed by atoms with Crippen molar-refractivity contribution >= 4 is 0 Å². The van der Waals surface area contributed by atoms with Gasteiger partial charge in [0.15, 0.2) is 0 Å². The van der Waals surface area contributed by atoms with Gasteiger partial charge < -0.3 is 5.32 Å². The molecule has 0 spiro atoms. The Hall–Kier alpha value is -0.930. The summed E-state index contributed by atoms with van der Waals surface area (Å²) in [6.45, 7) is 2.09. The van der Waals surface area contributed by atoms with Gasteiger partial charge in [-0.1, -0.05) is 12.1 Å². The summed E-state index contributed by atoms with van der Waals surface area (Å²) in [5.41, 5.74) is 1.07. The van der Waals surface area contributed by atoms with Crippen LogP contribution in [0.2, 0.25) is 0 Å². The summed E-state index contributed by atoms with van der Waals surface area (Å²) < 4.78 is 13.0. The minimum atomic E-state index is -0.141. The Balaban J connectivity index is 1.75. The Morgan fingerprint density at radius 3 is 3.06 bits per heavy atom. The zero-order chi connectivity index (χ0) is 12.1. The van der Waals surface area contributed by atoms with Crippen molar-refractivity contribution in [2.24, 2.45) is 0 Å². The molecule has 0 aromatic heterocycles. The molecule has 1 aliphatic heterocycles. The molecule has 0 bridgehead atoms. The number of hydrogen-bond acceptors (Lipinski definition) is 2. The summed E-state index contributed by atoms with van der Waals surface area (Å²) in [4.78, 5) is 2.37. The van der Waals surface area contributed by atoms with Crippen molar-refractivity contribution in [3.8, 4) is 0 Å². The van der Waals surface area contributed by atoms with Gasteiger partial charge in [-0.15, -0.1) is 0 Å². The minimum Gasteiger partial charge on any atom is -0.301 e. The molecule has 0 saturated carbocycles. The zero-order valence-corrected chi connectivity index (χ0v) is 10.5. The van der Waals surface area contributed by atoms with Crippen LogP contribution in [0, 0.1) is 5.82 Å². The van der Waals surface area contributed by atoms with Gasteiger partial charge in [0, 0.05) is 6.54 Å². The Bertz CT molecular complexity index is 354. The van der Waals surface area contributed by atoms with Gasteiger partial charge in [0.2, 0.25) is 0 Å². The first-order chi connectivity index (χ1) is 8.25. The lowest BCUT2D eigenvalue weighted by Crippen LogP contribution is -2.46. The van der Waals surface area contributed by atoms with E-state index in [9.17, 15) is 4.39 Å². The van der Waals surface area contributed by atoms with Crippen molar-refractivity contribution in [2.75, 3.05) is 20.1 Å². The van der Waals surface area contributed by atoms with E-state index >= 15 is 0 Å². The first-order valence-electron chi connectivity index (χ1n) is 6.44. The number of likely N-dealkylation sites (tertiary alicyclic amines) is 1. The fourth-order valence-electron chi connectivity index (χ4n) is 2.41. The number of nitrogens with one attached hydrogen (secondary N) is 1. The van der Waals surface area contributed by atoms with Crippen molar-refractivity contribution in [2.45, 2.75) is 31.8 Å². The minimum absolute atomic E-state index is 0.141. The van der Waals surface area contributed by atoms with Crippen LogP contribution in [-0.4, -0.2) is 31.2 Å². The Labute approximate surface area is 103 Å². The maximum Gasteiger partial charge on any atom is 0.123 e. The van der Waals surface area contributed by atoms with E-state index in [1.807, 2.05) is 6.07 Å². The lowest BCUT2D eigenvalue weighted by molar-refractivity contribution is 0.154. The Kier molecular flexibility index (Phi) is 4.51. The number of benzene rings is 1. The molecule has 0 aliphatic carbocycles. The largest absolute Gasteiger partial charge is 0.301 e. The van der Waals surface area contributed by atoms with E-state index in [2.05, 4.69) is 17.3 Å². The van der Waals surface area contributed by atoms with Crippen molar-refractivity contribution in [3.05, 3.63) is 35.6 Å². The van der Waals surface area contributed by atoms with Crippen molar-refractivity contribution in [3.63, 3.8) is 0 Å². The number of rotatable bonds is 4. The average molecular weight is 236 g/mol. The van der Waals surface area contributed by atoms with E-state index in [0.29, 0.717) is 6.17 Å². The van der Waals surface area contributed by atoms with Gasteiger partial charge in [-0.2, -0.15) is 0 Å². The molecular formula is C14H21FN2. The maximum atomic E-state index is 13.0. The first-order valence-corrected chi connectivity index (χ1v) is 6.44. The second-order valence-electron chi connectivity index (χ2n) is 4.83. The topological polar surface area (TPSA) is 15.3 Å². The third kappa shape index (κ3) is 3.79. The molecule has 2 nitrogen and oxygen atoms in total. The smallest absolute Gasteiger partial charge is 0.123 e. The van der Waals surface area contributed by atoms with Crippen molar-refractivity contribution < 1.29 is 4.39 Å². The van der Waals surface area contributed by atoms with Crippen LogP contribution in [0.5, 0.6) is 0 Å². The summed E-state index contributed by atoms with van der Waals surface area (Å²) in [5.74, 6) is -0.141. The standard InChI is InChI=1S/C14H21FN2/c1-17-10-3-2-7-14(17)16-9-8-12-5-4-6-13(15)11-12/h4-6,11,14,16H,2-3,7-10H2,1H3. The van der Waals surface area contributed by atoms with Crippen molar-refractivity contribution in [1.82, 2.24) is 10.2 Å². The van der Waals surface area contributed by atoms with E-state index in [1.54, 1.807) is 12.1 Å². The second kappa shape index (κ2) is 6.12. The van der Waals surface area contributed by atoms with Gasteiger partial charge in [-0.3, -0.25) is 4.90 Å². The molecule has 1 saturated heterocycles. The van der Waals surface area contributed by atoms with Gasteiger partial charge in [0.1, 0.15) is 5.82 Å². The van der Waals surface area contributed by atoms with Gasteiger partial charge in [-0.05, 0) is 57.0 Å².